The second-order valence-corrected chi connectivity index (χ2v) is 6.69. The van der Waals surface area contributed by atoms with Gasteiger partial charge in [-0.05, 0) is 18.9 Å². The number of sulfonamides is 1. The summed E-state index contributed by atoms with van der Waals surface area (Å²) in [6, 6.07) is 1.27. The van der Waals surface area contributed by atoms with Gasteiger partial charge in [-0.1, -0.05) is 23.2 Å². The Morgan fingerprint density at radius 1 is 1.24 bits per heavy atom. The number of aromatic nitrogens is 1. The van der Waals surface area contributed by atoms with Crippen LogP contribution in [0.4, 0.5) is 0 Å². The molecular weight excluding hydrogens is 339 g/mol. The Labute approximate surface area is 134 Å². The minimum atomic E-state index is -3.62. The van der Waals surface area contributed by atoms with E-state index >= 15 is 0 Å². The van der Waals surface area contributed by atoms with Crippen LogP contribution in [0.2, 0.25) is 10.2 Å². The zero-order valence-electron chi connectivity index (χ0n) is 11.6. The van der Waals surface area contributed by atoms with Crippen molar-refractivity contribution in [1.82, 2.24) is 9.71 Å². The number of nitrogens with zero attached hydrogens (tertiary/aromatic N) is 1. The van der Waals surface area contributed by atoms with Crippen molar-refractivity contribution >= 4 is 33.2 Å². The number of hydrogen-bond acceptors (Lipinski definition) is 5. The van der Waals surface area contributed by atoms with Crippen LogP contribution in [0, 0.1) is 0 Å². The topological polar surface area (TPSA) is 77.5 Å². The maximum absolute atomic E-state index is 12.0. The maximum Gasteiger partial charge on any atom is 0.242 e. The van der Waals surface area contributed by atoms with Crippen LogP contribution in [0.25, 0.3) is 0 Å². The first-order valence-corrected chi connectivity index (χ1v) is 8.58. The molecule has 0 fully saturated rings. The third-order valence-electron chi connectivity index (χ3n) is 2.52. The zero-order chi connectivity index (χ0) is 15.7. The lowest BCUT2D eigenvalue weighted by molar-refractivity contribution is 0.0689. The summed E-state index contributed by atoms with van der Waals surface area (Å²) in [5.74, 6) is 0. The van der Waals surface area contributed by atoms with Crippen molar-refractivity contribution in [2.24, 2.45) is 0 Å². The van der Waals surface area contributed by atoms with Gasteiger partial charge in [-0.25, -0.2) is 18.1 Å². The highest BCUT2D eigenvalue weighted by molar-refractivity contribution is 7.89. The van der Waals surface area contributed by atoms with Gasteiger partial charge in [0.05, 0.1) is 18.2 Å². The summed E-state index contributed by atoms with van der Waals surface area (Å²) >= 11 is 11.4. The number of halogens is 2. The van der Waals surface area contributed by atoms with Gasteiger partial charge in [0.15, 0.2) is 0 Å². The van der Waals surface area contributed by atoms with Gasteiger partial charge in [0.1, 0.15) is 10.0 Å². The predicted molar refractivity (Wildman–Crippen MR) is 81.4 cm³/mol. The zero-order valence-corrected chi connectivity index (χ0v) is 14.0. The fourth-order valence-electron chi connectivity index (χ4n) is 1.41. The maximum atomic E-state index is 12.0. The average Bonchev–Trinajstić information content (AvgIpc) is 2.44. The molecule has 0 saturated heterocycles. The summed E-state index contributed by atoms with van der Waals surface area (Å²) in [5, 5.41) is 0.176. The second-order valence-electron chi connectivity index (χ2n) is 4.15. The highest BCUT2D eigenvalue weighted by atomic mass is 35.5. The molecule has 0 saturated carbocycles. The third kappa shape index (κ3) is 6.90. The van der Waals surface area contributed by atoms with Crippen molar-refractivity contribution in [2.75, 3.05) is 33.5 Å². The summed E-state index contributed by atoms with van der Waals surface area (Å²) in [5.41, 5.74) is 0. The van der Waals surface area contributed by atoms with Crippen LogP contribution in [0.1, 0.15) is 12.8 Å². The molecule has 0 aromatic carbocycles. The Bertz CT molecular complexity index is 540. The molecule has 0 amide bonds. The molecule has 21 heavy (non-hydrogen) atoms. The molecule has 0 aliphatic rings. The minimum absolute atomic E-state index is 0.00626. The molecule has 0 unspecified atom stereocenters. The van der Waals surface area contributed by atoms with Gasteiger partial charge in [0, 0.05) is 26.5 Å². The molecule has 1 heterocycles. The summed E-state index contributed by atoms with van der Waals surface area (Å²) in [7, 11) is -2.01. The number of methoxy groups -OCH3 is 1. The van der Waals surface area contributed by atoms with Gasteiger partial charge in [0.25, 0.3) is 0 Å². The SMILES string of the molecule is COCCOCCCCNS(=O)(=O)c1cnc(Cl)c(Cl)c1. The monoisotopic (exact) mass is 356 g/mol. The first-order chi connectivity index (χ1) is 9.97. The molecule has 0 spiro atoms. The number of nitrogens with one attached hydrogen (secondary N) is 1. The van der Waals surface area contributed by atoms with Crippen molar-refractivity contribution in [2.45, 2.75) is 17.7 Å². The van der Waals surface area contributed by atoms with Gasteiger partial charge in [-0.3, -0.25) is 0 Å². The van der Waals surface area contributed by atoms with Crippen LogP contribution in [0.3, 0.4) is 0 Å². The highest BCUT2D eigenvalue weighted by Gasteiger charge is 2.15. The first kappa shape index (κ1) is 18.6. The molecule has 1 aromatic heterocycles. The minimum Gasteiger partial charge on any atom is -0.382 e. The summed E-state index contributed by atoms with van der Waals surface area (Å²) in [6.07, 6.45) is 2.59. The molecule has 9 heteroatoms. The van der Waals surface area contributed by atoms with E-state index < -0.39 is 10.0 Å². The van der Waals surface area contributed by atoms with E-state index in [9.17, 15) is 8.42 Å². The van der Waals surface area contributed by atoms with Crippen molar-refractivity contribution in [3.63, 3.8) is 0 Å². The number of ether oxygens (including phenoxy) is 2. The van der Waals surface area contributed by atoms with Crippen LogP contribution >= 0.6 is 23.2 Å². The average molecular weight is 357 g/mol. The Morgan fingerprint density at radius 3 is 2.67 bits per heavy atom. The van der Waals surface area contributed by atoms with Crippen molar-refractivity contribution < 1.29 is 17.9 Å². The predicted octanol–water partition coefficient (Wildman–Crippen LogP) is 2.11. The van der Waals surface area contributed by atoms with Crippen LogP contribution < -0.4 is 4.72 Å². The van der Waals surface area contributed by atoms with Crippen molar-refractivity contribution in [3.05, 3.63) is 22.4 Å². The van der Waals surface area contributed by atoms with E-state index in [-0.39, 0.29) is 15.1 Å². The molecule has 0 bridgehead atoms. The normalized spacial score (nSPS) is 11.8. The molecule has 0 radical (unpaired) electrons. The lowest BCUT2D eigenvalue weighted by atomic mass is 10.3. The summed E-state index contributed by atoms with van der Waals surface area (Å²) in [4.78, 5) is 3.71. The molecule has 120 valence electrons. The van der Waals surface area contributed by atoms with Crippen molar-refractivity contribution in [3.8, 4) is 0 Å². The lowest BCUT2D eigenvalue weighted by Crippen LogP contribution is -2.25. The van der Waals surface area contributed by atoms with Gasteiger partial charge in [-0.15, -0.1) is 0 Å². The smallest absolute Gasteiger partial charge is 0.242 e. The Kier molecular flexibility index (Phi) is 8.46. The molecular formula is C12H18Cl2N2O4S. The fourth-order valence-corrected chi connectivity index (χ4v) is 2.79. The largest absolute Gasteiger partial charge is 0.382 e. The van der Waals surface area contributed by atoms with Crippen LogP contribution in [0.15, 0.2) is 17.2 Å². The molecule has 1 rings (SSSR count). The second kappa shape index (κ2) is 9.55. The molecule has 0 atom stereocenters. The van der Waals surface area contributed by atoms with Gasteiger partial charge >= 0.3 is 0 Å². The standard InChI is InChI=1S/C12H18Cl2N2O4S/c1-19-6-7-20-5-3-2-4-16-21(17,18)10-8-11(13)12(14)15-9-10/h8-9,16H,2-7H2,1H3. The number of unbranched alkanes of at least 4 members (excludes halogenated alkanes) is 1. The van der Waals surface area contributed by atoms with E-state index in [4.69, 9.17) is 32.7 Å². The van der Waals surface area contributed by atoms with Crippen molar-refractivity contribution in [1.29, 1.82) is 0 Å². The van der Waals surface area contributed by atoms with Crippen LogP contribution in [-0.4, -0.2) is 46.9 Å². The molecule has 6 nitrogen and oxygen atoms in total. The van der Waals surface area contributed by atoms with Crippen LogP contribution in [0.5, 0.6) is 0 Å². The van der Waals surface area contributed by atoms with E-state index in [1.807, 2.05) is 0 Å². The lowest BCUT2D eigenvalue weighted by Gasteiger charge is -2.07. The van der Waals surface area contributed by atoms with Gasteiger partial charge in [0.2, 0.25) is 10.0 Å². The van der Waals surface area contributed by atoms with E-state index in [1.54, 1.807) is 7.11 Å². The van der Waals surface area contributed by atoms with Gasteiger partial charge < -0.3 is 9.47 Å². The molecule has 1 N–H and O–H groups in total. The quantitative estimate of drug-likeness (QED) is 0.513. The summed E-state index contributed by atoms with van der Waals surface area (Å²) in [6.45, 7) is 1.98. The molecule has 0 aliphatic heterocycles. The van der Waals surface area contributed by atoms with E-state index in [0.717, 1.165) is 6.42 Å². The first-order valence-electron chi connectivity index (χ1n) is 6.35. The van der Waals surface area contributed by atoms with E-state index in [1.165, 1.54) is 12.3 Å². The van der Waals surface area contributed by atoms with E-state index in [0.29, 0.717) is 32.8 Å². The Morgan fingerprint density at radius 2 is 2.00 bits per heavy atom. The summed E-state index contributed by atoms with van der Waals surface area (Å²) < 4.78 is 36.5. The number of pyridine rings is 1. The Hall–Kier alpha value is -0.440. The fraction of sp³-hybridized carbons (Fsp3) is 0.583. The van der Waals surface area contributed by atoms with Crippen LogP contribution in [-0.2, 0) is 19.5 Å². The molecule has 1 aromatic rings. The molecule has 0 aliphatic carbocycles. The highest BCUT2D eigenvalue weighted by Crippen LogP contribution is 2.21. The Balaban J connectivity index is 2.31. The van der Waals surface area contributed by atoms with E-state index in [2.05, 4.69) is 9.71 Å². The number of rotatable bonds is 10. The number of hydrogen-bond donors (Lipinski definition) is 1. The van der Waals surface area contributed by atoms with Gasteiger partial charge in [-0.2, -0.15) is 0 Å². The third-order valence-corrected chi connectivity index (χ3v) is 4.63.